The van der Waals surface area contributed by atoms with E-state index in [1.54, 1.807) is 23.5 Å². The van der Waals surface area contributed by atoms with Crippen LogP contribution in [0.3, 0.4) is 0 Å². The number of rotatable bonds is 1. The molecule has 0 atom stereocenters. The number of aliphatic imine (C=N–C) groups is 1. The van der Waals surface area contributed by atoms with Gasteiger partial charge in [-0.2, -0.15) is 0 Å². The Kier molecular flexibility index (Phi) is 4.49. The van der Waals surface area contributed by atoms with Crippen LogP contribution in [-0.4, -0.2) is 10.8 Å². The van der Waals surface area contributed by atoms with E-state index in [4.69, 9.17) is 4.99 Å². The van der Waals surface area contributed by atoms with Crippen molar-refractivity contribution in [2.45, 2.75) is 30.6 Å². The number of allylic oxidation sites excluding steroid dienone is 1. The average Bonchev–Trinajstić information content (AvgIpc) is 3.22. The van der Waals surface area contributed by atoms with Crippen LogP contribution in [0.25, 0.3) is 5.57 Å². The maximum Gasteiger partial charge on any atom is 0.201 e. The number of fused-ring (bicyclic) bond motifs is 2. The van der Waals surface area contributed by atoms with E-state index in [1.807, 2.05) is 36.4 Å². The van der Waals surface area contributed by atoms with Crippen LogP contribution in [0.15, 0.2) is 80.4 Å². The molecule has 0 spiro atoms. The number of hydrogen-bond donors (Lipinski definition) is 0. The lowest BCUT2D eigenvalue weighted by atomic mass is 10.0. The second kappa shape index (κ2) is 7.05. The predicted molar refractivity (Wildman–Crippen MR) is 124 cm³/mol. The van der Waals surface area contributed by atoms with E-state index in [9.17, 15) is 4.79 Å². The van der Waals surface area contributed by atoms with Gasteiger partial charge in [-0.1, -0.05) is 71.6 Å². The zero-order valence-electron chi connectivity index (χ0n) is 16.4. The lowest BCUT2D eigenvalue weighted by Crippen LogP contribution is -2.01. The quantitative estimate of drug-likeness (QED) is 0.397. The van der Waals surface area contributed by atoms with E-state index in [2.05, 4.69) is 45.0 Å². The standard InChI is InChI=1S/C25H19NOS2/c1-14-12-15(2)22(16(3)13-14)26-25-21(17-8-4-6-10-19(17)29-25)24-23(27)18-9-5-7-11-20(18)28-24/h4-13H,1-3H3/b24-21+,26-25?. The maximum absolute atomic E-state index is 13.2. The summed E-state index contributed by atoms with van der Waals surface area (Å²) in [5.74, 6) is 0.1000. The normalized spacial score (nSPS) is 19.0. The SMILES string of the molecule is Cc1cc(C)c(N=C2Sc3ccccc3/C2=C2\Sc3ccccc3C2=O)c(C)c1. The van der Waals surface area contributed by atoms with E-state index in [0.717, 1.165) is 53.3 Å². The summed E-state index contributed by atoms with van der Waals surface area (Å²) in [7, 11) is 0. The molecule has 2 aliphatic rings. The minimum atomic E-state index is 0.1000. The molecule has 0 N–H and O–H groups in total. The highest BCUT2D eigenvalue weighted by Gasteiger charge is 2.35. The summed E-state index contributed by atoms with van der Waals surface area (Å²) in [5.41, 5.74) is 7.41. The van der Waals surface area contributed by atoms with Gasteiger partial charge in [-0.05, 0) is 55.7 Å². The zero-order chi connectivity index (χ0) is 20.1. The monoisotopic (exact) mass is 413 g/mol. The number of Topliss-reactive ketones (excluding diaryl/α,β-unsaturated/α-hetero) is 1. The fourth-order valence-electron chi connectivity index (χ4n) is 3.97. The van der Waals surface area contributed by atoms with E-state index in [0.29, 0.717) is 0 Å². The van der Waals surface area contributed by atoms with Crippen LogP contribution in [-0.2, 0) is 0 Å². The first-order valence-corrected chi connectivity index (χ1v) is 11.2. The summed E-state index contributed by atoms with van der Waals surface area (Å²) in [6.07, 6.45) is 0. The molecule has 0 saturated carbocycles. The lowest BCUT2D eigenvalue weighted by molar-refractivity contribution is 0.104. The number of ketones is 1. The zero-order valence-corrected chi connectivity index (χ0v) is 18.1. The second-order valence-electron chi connectivity index (χ2n) is 7.39. The summed E-state index contributed by atoms with van der Waals surface area (Å²) in [6.45, 7) is 6.31. The van der Waals surface area contributed by atoms with Gasteiger partial charge in [-0.15, -0.1) is 0 Å². The summed E-state index contributed by atoms with van der Waals surface area (Å²) in [4.78, 5) is 21.3. The van der Waals surface area contributed by atoms with Gasteiger partial charge in [0.05, 0.1) is 10.6 Å². The first-order chi connectivity index (χ1) is 14.0. The number of carbonyl (C=O) groups is 1. The van der Waals surface area contributed by atoms with Crippen molar-refractivity contribution in [2.24, 2.45) is 4.99 Å². The Balaban J connectivity index is 1.73. The molecule has 2 heterocycles. The van der Waals surface area contributed by atoms with Crippen molar-refractivity contribution >= 4 is 45.6 Å². The second-order valence-corrected chi connectivity index (χ2v) is 9.48. The van der Waals surface area contributed by atoms with Gasteiger partial charge >= 0.3 is 0 Å². The minimum absolute atomic E-state index is 0.1000. The molecular formula is C25H19NOS2. The molecule has 0 amide bonds. The van der Waals surface area contributed by atoms with Gasteiger partial charge in [0.15, 0.2) is 0 Å². The predicted octanol–water partition coefficient (Wildman–Crippen LogP) is 7.15. The molecule has 2 nitrogen and oxygen atoms in total. The number of nitrogens with zero attached hydrogens (tertiary/aromatic N) is 1. The highest BCUT2D eigenvalue weighted by molar-refractivity contribution is 8.16. The van der Waals surface area contributed by atoms with Crippen LogP contribution < -0.4 is 0 Å². The number of carbonyl (C=O) groups excluding carboxylic acids is 1. The maximum atomic E-state index is 13.2. The van der Waals surface area contributed by atoms with Crippen LogP contribution in [0.4, 0.5) is 5.69 Å². The van der Waals surface area contributed by atoms with Gasteiger partial charge in [-0.3, -0.25) is 4.79 Å². The Morgan fingerprint density at radius 1 is 0.759 bits per heavy atom. The topological polar surface area (TPSA) is 29.4 Å². The first-order valence-electron chi connectivity index (χ1n) is 9.53. The first kappa shape index (κ1) is 18.5. The van der Waals surface area contributed by atoms with Crippen molar-refractivity contribution in [1.82, 2.24) is 0 Å². The molecule has 5 rings (SSSR count). The fourth-order valence-corrected chi connectivity index (χ4v) is 6.27. The fraction of sp³-hybridized carbons (Fsp3) is 0.120. The van der Waals surface area contributed by atoms with Crippen LogP contribution in [0.1, 0.15) is 32.6 Å². The third-order valence-corrected chi connectivity index (χ3v) is 7.44. The van der Waals surface area contributed by atoms with Crippen molar-refractivity contribution < 1.29 is 4.79 Å². The number of thioether (sulfide) groups is 2. The Morgan fingerprint density at radius 2 is 1.34 bits per heavy atom. The van der Waals surface area contributed by atoms with Gasteiger partial charge in [0.2, 0.25) is 5.78 Å². The summed E-state index contributed by atoms with van der Waals surface area (Å²) in [6, 6.07) is 20.4. The Morgan fingerprint density at radius 3 is 2.00 bits per heavy atom. The van der Waals surface area contributed by atoms with Crippen LogP contribution in [0, 0.1) is 20.8 Å². The van der Waals surface area contributed by atoms with E-state index in [-0.39, 0.29) is 5.78 Å². The molecular weight excluding hydrogens is 394 g/mol. The molecule has 0 aromatic heterocycles. The number of benzene rings is 3. The molecule has 0 radical (unpaired) electrons. The van der Waals surface area contributed by atoms with Crippen LogP contribution >= 0.6 is 23.5 Å². The van der Waals surface area contributed by atoms with Gasteiger partial charge < -0.3 is 0 Å². The van der Waals surface area contributed by atoms with Gasteiger partial charge in [0.1, 0.15) is 5.04 Å². The highest BCUT2D eigenvalue weighted by atomic mass is 32.2. The van der Waals surface area contributed by atoms with Gasteiger partial charge in [0.25, 0.3) is 0 Å². The average molecular weight is 414 g/mol. The summed E-state index contributed by atoms with van der Waals surface area (Å²) in [5, 5.41) is 0.907. The van der Waals surface area contributed by atoms with Crippen molar-refractivity contribution in [3.05, 3.63) is 93.4 Å². The molecule has 2 aliphatic heterocycles. The van der Waals surface area contributed by atoms with E-state index >= 15 is 0 Å². The molecule has 3 aromatic carbocycles. The van der Waals surface area contributed by atoms with Crippen molar-refractivity contribution in [3.8, 4) is 0 Å². The molecule has 3 aromatic rings. The summed E-state index contributed by atoms with van der Waals surface area (Å²) >= 11 is 3.22. The van der Waals surface area contributed by atoms with E-state index < -0.39 is 0 Å². The molecule has 0 unspecified atom stereocenters. The third kappa shape index (κ3) is 3.07. The number of hydrogen-bond acceptors (Lipinski definition) is 4. The molecule has 0 saturated heterocycles. The van der Waals surface area contributed by atoms with Crippen molar-refractivity contribution in [3.63, 3.8) is 0 Å². The van der Waals surface area contributed by atoms with Crippen LogP contribution in [0.2, 0.25) is 0 Å². The molecule has 0 fully saturated rings. The van der Waals surface area contributed by atoms with Gasteiger partial charge in [0, 0.05) is 20.9 Å². The van der Waals surface area contributed by atoms with Crippen molar-refractivity contribution in [2.75, 3.05) is 0 Å². The molecule has 0 bridgehead atoms. The highest BCUT2D eigenvalue weighted by Crippen LogP contribution is 2.50. The Labute approximate surface area is 179 Å². The lowest BCUT2D eigenvalue weighted by Gasteiger charge is -2.09. The molecule has 0 aliphatic carbocycles. The minimum Gasteiger partial charge on any atom is -0.288 e. The van der Waals surface area contributed by atoms with E-state index in [1.165, 1.54) is 5.56 Å². The Bertz CT molecular complexity index is 1230. The summed E-state index contributed by atoms with van der Waals surface area (Å²) < 4.78 is 0. The molecule has 4 heteroatoms. The third-order valence-electron chi connectivity index (χ3n) is 5.20. The van der Waals surface area contributed by atoms with Crippen molar-refractivity contribution in [1.29, 1.82) is 0 Å². The largest absolute Gasteiger partial charge is 0.288 e. The van der Waals surface area contributed by atoms with Crippen LogP contribution in [0.5, 0.6) is 0 Å². The molecule has 142 valence electrons. The Hall–Kier alpha value is -2.56. The number of aryl methyl sites for hydroxylation is 3. The smallest absolute Gasteiger partial charge is 0.201 e. The van der Waals surface area contributed by atoms with Gasteiger partial charge in [-0.25, -0.2) is 4.99 Å². The molecule has 29 heavy (non-hydrogen) atoms.